The van der Waals surface area contributed by atoms with Crippen molar-refractivity contribution in [3.63, 3.8) is 0 Å². The quantitative estimate of drug-likeness (QED) is 0.366. The minimum absolute atomic E-state index is 0.296. The number of halogens is 1. The number of methoxy groups -OCH3 is 1. The summed E-state index contributed by atoms with van der Waals surface area (Å²) in [5.74, 6) is 0.493. The van der Waals surface area contributed by atoms with Crippen LogP contribution in [0.2, 0.25) is 0 Å². The number of amides is 2. The zero-order valence-corrected chi connectivity index (χ0v) is 18.3. The molecule has 0 unspecified atom stereocenters. The third kappa shape index (κ3) is 5.12. The fourth-order valence-electron chi connectivity index (χ4n) is 3.25. The van der Waals surface area contributed by atoms with E-state index in [0.717, 1.165) is 16.9 Å². The summed E-state index contributed by atoms with van der Waals surface area (Å²) < 4.78 is 19.3. The number of benzene rings is 3. The first kappa shape index (κ1) is 21.5. The highest BCUT2D eigenvalue weighted by atomic mass is 32.1. The molecule has 2 N–H and O–H groups in total. The van der Waals surface area contributed by atoms with Crippen LogP contribution in [0.3, 0.4) is 0 Å². The van der Waals surface area contributed by atoms with E-state index in [1.807, 2.05) is 53.9 Å². The summed E-state index contributed by atoms with van der Waals surface area (Å²) in [7, 11) is 1.63. The van der Waals surface area contributed by atoms with Gasteiger partial charge in [0.25, 0.3) is 0 Å². The first-order valence-corrected chi connectivity index (χ1v) is 11.0. The third-order valence-electron chi connectivity index (χ3n) is 4.92. The van der Waals surface area contributed by atoms with Crippen molar-refractivity contribution in [2.75, 3.05) is 19.0 Å². The second-order valence-electron chi connectivity index (χ2n) is 7.04. The van der Waals surface area contributed by atoms with Crippen LogP contribution in [0.5, 0.6) is 5.75 Å². The predicted octanol–water partition coefficient (Wildman–Crippen LogP) is 5.99. The molecule has 0 saturated heterocycles. The molecule has 5 nitrogen and oxygen atoms in total. The van der Waals surface area contributed by atoms with Crippen LogP contribution in [0.15, 0.2) is 78.2 Å². The number of ether oxygens (including phenoxy) is 1. The van der Waals surface area contributed by atoms with Crippen LogP contribution in [-0.2, 0) is 6.42 Å². The second-order valence-corrected chi connectivity index (χ2v) is 7.90. The highest BCUT2D eigenvalue weighted by Gasteiger charge is 2.14. The Bertz CT molecular complexity index is 1210. The highest BCUT2D eigenvalue weighted by molar-refractivity contribution is 7.13. The summed E-state index contributed by atoms with van der Waals surface area (Å²) in [5.41, 5.74) is 3.67. The van der Waals surface area contributed by atoms with Crippen molar-refractivity contribution in [2.24, 2.45) is 0 Å². The van der Waals surface area contributed by atoms with Gasteiger partial charge in [0.15, 0.2) is 0 Å². The molecule has 3 aromatic carbocycles. The molecule has 7 heteroatoms. The molecule has 0 aliphatic carbocycles. The predicted molar refractivity (Wildman–Crippen MR) is 127 cm³/mol. The van der Waals surface area contributed by atoms with E-state index < -0.39 is 0 Å². The Kier molecular flexibility index (Phi) is 6.77. The molecule has 0 aliphatic rings. The number of nitrogens with one attached hydrogen (secondary N) is 2. The van der Waals surface area contributed by atoms with Crippen molar-refractivity contribution in [3.8, 4) is 27.6 Å². The number of carbonyl (C=O) groups is 1. The summed E-state index contributed by atoms with van der Waals surface area (Å²) in [4.78, 5) is 17.0. The number of hydrogen-bond donors (Lipinski definition) is 2. The van der Waals surface area contributed by atoms with Gasteiger partial charge in [0.05, 0.1) is 18.5 Å². The number of aromatic nitrogens is 1. The maximum absolute atomic E-state index is 14.1. The fraction of sp³-hybridized carbons (Fsp3) is 0.120. The Morgan fingerprint density at radius 3 is 2.47 bits per heavy atom. The zero-order chi connectivity index (χ0) is 22.3. The lowest BCUT2D eigenvalue weighted by atomic mass is 10.1. The average Bonchev–Trinajstić information content (AvgIpc) is 3.30. The van der Waals surface area contributed by atoms with Crippen molar-refractivity contribution < 1.29 is 13.9 Å². The maximum Gasteiger partial charge on any atom is 0.319 e. The number of rotatable bonds is 7. The van der Waals surface area contributed by atoms with Gasteiger partial charge in [-0.05, 0) is 42.3 Å². The van der Waals surface area contributed by atoms with E-state index in [0.29, 0.717) is 34.9 Å². The molecule has 32 heavy (non-hydrogen) atoms. The molecular formula is C25H22FN3O2S. The minimum atomic E-state index is -0.309. The first-order valence-electron chi connectivity index (χ1n) is 10.1. The van der Waals surface area contributed by atoms with E-state index in [4.69, 9.17) is 4.74 Å². The largest absolute Gasteiger partial charge is 0.497 e. The average molecular weight is 448 g/mol. The van der Waals surface area contributed by atoms with Crippen molar-refractivity contribution in [1.82, 2.24) is 10.3 Å². The van der Waals surface area contributed by atoms with Gasteiger partial charge in [0, 0.05) is 23.1 Å². The van der Waals surface area contributed by atoms with E-state index in [9.17, 15) is 9.18 Å². The Balaban J connectivity index is 1.41. The molecule has 0 atom stereocenters. The SMILES string of the molecule is COc1ccc(CCNC(=O)Nc2ccccc2-c2csc(-c3ccccc3F)n2)cc1. The van der Waals surface area contributed by atoms with Gasteiger partial charge in [0.1, 0.15) is 16.6 Å². The molecule has 0 radical (unpaired) electrons. The van der Waals surface area contributed by atoms with Gasteiger partial charge < -0.3 is 15.4 Å². The van der Waals surface area contributed by atoms with Crippen molar-refractivity contribution >= 4 is 23.1 Å². The first-order chi connectivity index (χ1) is 15.6. The van der Waals surface area contributed by atoms with Crippen LogP contribution in [-0.4, -0.2) is 24.7 Å². The molecule has 4 aromatic rings. The second kappa shape index (κ2) is 10.1. The zero-order valence-electron chi connectivity index (χ0n) is 17.5. The Labute approximate surface area is 189 Å². The monoisotopic (exact) mass is 447 g/mol. The molecule has 0 spiro atoms. The van der Waals surface area contributed by atoms with Gasteiger partial charge in [-0.1, -0.05) is 42.5 Å². The summed E-state index contributed by atoms with van der Waals surface area (Å²) in [5, 5.41) is 8.23. The molecule has 1 heterocycles. The number of para-hydroxylation sites is 1. The summed E-state index contributed by atoms with van der Waals surface area (Å²) in [6, 6.07) is 21.4. The normalized spacial score (nSPS) is 10.6. The fourth-order valence-corrected chi connectivity index (χ4v) is 4.10. The number of hydrogen-bond acceptors (Lipinski definition) is 4. The van der Waals surface area contributed by atoms with Crippen LogP contribution in [0.4, 0.5) is 14.9 Å². The topological polar surface area (TPSA) is 63.2 Å². The Morgan fingerprint density at radius 1 is 1.00 bits per heavy atom. The molecule has 0 fully saturated rings. The van der Waals surface area contributed by atoms with Crippen LogP contribution < -0.4 is 15.4 Å². The van der Waals surface area contributed by atoms with Gasteiger partial charge in [-0.15, -0.1) is 11.3 Å². The Morgan fingerprint density at radius 2 is 1.72 bits per heavy atom. The van der Waals surface area contributed by atoms with Crippen molar-refractivity contribution in [1.29, 1.82) is 0 Å². The summed E-state index contributed by atoms with van der Waals surface area (Å²) in [6.07, 6.45) is 0.706. The Hall–Kier alpha value is -3.71. The van der Waals surface area contributed by atoms with Gasteiger partial charge in [-0.2, -0.15) is 0 Å². The standard InChI is InChI=1S/C25H22FN3O2S/c1-31-18-12-10-17(11-13-18)14-15-27-25(30)29-22-9-5-3-7-20(22)23-16-32-24(28-23)19-6-2-4-8-21(19)26/h2-13,16H,14-15H2,1H3,(H2,27,29,30). The molecule has 0 saturated carbocycles. The summed E-state index contributed by atoms with van der Waals surface area (Å²) >= 11 is 1.36. The van der Waals surface area contributed by atoms with Crippen LogP contribution in [0, 0.1) is 5.82 Å². The van der Waals surface area contributed by atoms with Gasteiger partial charge in [-0.3, -0.25) is 0 Å². The lowest BCUT2D eigenvalue weighted by Gasteiger charge is -2.11. The molecular weight excluding hydrogens is 425 g/mol. The summed E-state index contributed by atoms with van der Waals surface area (Å²) in [6.45, 7) is 0.495. The van der Waals surface area contributed by atoms with Crippen LogP contribution in [0.1, 0.15) is 5.56 Å². The minimum Gasteiger partial charge on any atom is -0.497 e. The van der Waals surface area contributed by atoms with Gasteiger partial charge in [0.2, 0.25) is 0 Å². The van der Waals surface area contributed by atoms with E-state index in [1.165, 1.54) is 17.4 Å². The molecule has 162 valence electrons. The lowest BCUT2D eigenvalue weighted by molar-refractivity contribution is 0.252. The molecule has 0 aliphatic heterocycles. The number of nitrogens with zero attached hydrogens (tertiary/aromatic N) is 1. The van der Waals surface area contributed by atoms with Crippen LogP contribution in [0.25, 0.3) is 21.8 Å². The van der Waals surface area contributed by atoms with Crippen molar-refractivity contribution in [3.05, 3.63) is 89.6 Å². The maximum atomic E-state index is 14.1. The molecule has 4 rings (SSSR count). The van der Waals surface area contributed by atoms with Crippen molar-refractivity contribution in [2.45, 2.75) is 6.42 Å². The number of carbonyl (C=O) groups excluding carboxylic acids is 1. The van der Waals surface area contributed by atoms with E-state index >= 15 is 0 Å². The van der Waals surface area contributed by atoms with Gasteiger partial charge in [-0.25, -0.2) is 14.2 Å². The smallest absolute Gasteiger partial charge is 0.319 e. The molecule has 2 amide bonds. The van der Waals surface area contributed by atoms with Crippen LogP contribution >= 0.6 is 11.3 Å². The lowest BCUT2D eigenvalue weighted by Crippen LogP contribution is -2.30. The number of urea groups is 1. The van der Waals surface area contributed by atoms with E-state index in [2.05, 4.69) is 15.6 Å². The van der Waals surface area contributed by atoms with E-state index in [-0.39, 0.29) is 11.8 Å². The highest BCUT2D eigenvalue weighted by Crippen LogP contribution is 2.33. The number of thiazole rings is 1. The molecule has 1 aromatic heterocycles. The molecule has 0 bridgehead atoms. The number of anilines is 1. The van der Waals surface area contributed by atoms with E-state index in [1.54, 1.807) is 25.3 Å². The third-order valence-corrected chi connectivity index (χ3v) is 5.79. The van der Waals surface area contributed by atoms with Gasteiger partial charge >= 0.3 is 6.03 Å².